The van der Waals surface area contributed by atoms with E-state index in [4.69, 9.17) is 4.74 Å². The number of halogens is 5. The van der Waals surface area contributed by atoms with Crippen LogP contribution in [-0.2, 0) is 10.9 Å². The van der Waals surface area contributed by atoms with Crippen molar-refractivity contribution in [1.29, 1.82) is 0 Å². The summed E-state index contributed by atoms with van der Waals surface area (Å²) in [5, 5.41) is 2.56. The second-order valence-corrected chi connectivity index (χ2v) is 10.3. The largest absolute Gasteiger partial charge is 0.417 e. The van der Waals surface area contributed by atoms with Crippen LogP contribution in [0.25, 0.3) is 11.1 Å². The number of alkyl halides is 3. The van der Waals surface area contributed by atoms with Crippen LogP contribution in [0.2, 0.25) is 0 Å². The van der Waals surface area contributed by atoms with Gasteiger partial charge in [0.25, 0.3) is 5.91 Å². The van der Waals surface area contributed by atoms with Gasteiger partial charge in [-0.25, -0.2) is 13.8 Å². The van der Waals surface area contributed by atoms with Gasteiger partial charge in [-0.2, -0.15) is 13.2 Å². The minimum absolute atomic E-state index is 0.112. The van der Waals surface area contributed by atoms with Crippen LogP contribution in [-0.4, -0.2) is 74.8 Å². The van der Waals surface area contributed by atoms with Crippen molar-refractivity contribution in [1.82, 2.24) is 9.88 Å². The maximum Gasteiger partial charge on any atom is 0.417 e. The Morgan fingerprint density at radius 1 is 1.00 bits per heavy atom. The number of aromatic nitrogens is 1. The van der Waals surface area contributed by atoms with E-state index in [1.54, 1.807) is 12.1 Å². The molecule has 7 nitrogen and oxygen atoms in total. The van der Waals surface area contributed by atoms with E-state index in [9.17, 15) is 22.4 Å². The number of anilines is 3. The summed E-state index contributed by atoms with van der Waals surface area (Å²) >= 11 is 0. The van der Waals surface area contributed by atoms with E-state index in [1.165, 1.54) is 18.3 Å². The Morgan fingerprint density at radius 2 is 1.76 bits per heavy atom. The molecule has 1 amide bonds. The molecule has 1 aromatic heterocycles. The van der Waals surface area contributed by atoms with Crippen LogP contribution in [0.3, 0.4) is 0 Å². The zero-order chi connectivity index (χ0) is 29.3. The molecule has 218 valence electrons. The molecular formula is C29H30F5N5O2. The summed E-state index contributed by atoms with van der Waals surface area (Å²) in [5.41, 5.74) is -1.09. The maximum absolute atomic E-state index is 15.6. The number of carbonyl (C=O) groups excluding carboxylic acids is 1. The third-order valence-electron chi connectivity index (χ3n) is 7.56. The molecule has 0 saturated carbocycles. The normalized spacial score (nSPS) is 18.5. The molecule has 3 heterocycles. The molecule has 2 saturated heterocycles. The monoisotopic (exact) mass is 575 g/mol. The lowest BCUT2D eigenvalue weighted by Crippen LogP contribution is -2.50. The number of hydrogen-bond donors (Lipinski definition) is 1. The Hall–Kier alpha value is -3.77. The summed E-state index contributed by atoms with van der Waals surface area (Å²) in [4.78, 5) is 23.8. The highest BCUT2D eigenvalue weighted by molar-refractivity contribution is 6.07. The highest BCUT2D eigenvalue weighted by atomic mass is 19.4. The van der Waals surface area contributed by atoms with Gasteiger partial charge in [0.1, 0.15) is 17.5 Å². The van der Waals surface area contributed by atoms with Crippen molar-refractivity contribution < 1.29 is 31.5 Å². The van der Waals surface area contributed by atoms with Crippen molar-refractivity contribution in [2.75, 3.05) is 68.1 Å². The Labute approximate surface area is 234 Å². The first kappa shape index (κ1) is 28.7. The predicted octanol–water partition coefficient (Wildman–Crippen LogP) is 5.27. The van der Waals surface area contributed by atoms with Gasteiger partial charge >= 0.3 is 6.18 Å². The Kier molecular flexibility index (Phi) is 8.14. The van der Waals surface area contributed by atoms with Crippen LogP contribution in [0.4, 0.5) is 39.1 Å². The minimum Gasteiger partial charge on any atom is -0.378 e. The predicted molar refractivity (Wildman–Crippen MR) is 146 cm³/mol. The SMILES string of the molecule is C[C@@H]1CN(c2cc(F)c(-c3ccc(N4CCOCC4)nc3)cc2NC(=O)c2ccc(F)cc2C(F)(F)F)CCN1C. The van der Waals surface area contributed by atoms with Gasteiger partial charge in [0.2, 0.25) is 0 Å². The number of rotatable bonds is 5. The number of hydrogen-bond acceptors (Lipinski definition) is 6. The first-order chi connectivity index (χ1) is 19.5. The first-order valence-electron chi connectivity index (χ1n) is 13.3. The van der Waals surface area contributed by atoms with Crippen LogP contribution in [0.1, 0.15) is 22.8 Å². The average Bonchev–Trinajstić information content (AvgIpc) is 2.95. The highest BCUT2D eigenvalue weighted by Crippen LogP contribution is 2.37. The second kappa shape index (κ2) is 11.6. The van der Waals surface area contributed by atoms with Gasteiger partial charge in [-0.05, 0) is 56.4 Å². The zero-order valence-electron chi connectivity index (χ0n) is 22.6. The average molecular weight is 576 g/mol. The van der Waals surface area contributed by atoms with Gasteiger partial charge in [-0.1, -0.05) is 0 Å². The third-order valence-corrected chi connectivity index (χ3v) is 7.56. The van der Waals surface area contributed by atoms with E-state index in [-0.39, 0.29) is 23.4 Å². The fourth-order valence-corrected chi connectivity index (χ4v) is 5.08. The Bertz CT molecular complexity index is 1410. The molecule has 5 rings (SSSR count). The quantitative estimate of drug-likeness (QED) is 0.418. The van der Waals surface area contributed by atoms with Gasteiger partial charge in [0, 0.05) is 56.1 Å². The molecule has 3 aromatic rings. The van der Waals surface area contributed by atoms with Crippen molar-refractivity contribution in [3.05, 3.63) is 71.4 Å². The third kappa shape index (κ3) is 6.28. The van der Waals surface area contributed by atoms with Crippen LogP contribution in [0.5, 0.6) is 0 Å². The topological polar surface area (TPSA) is 60.9 Å². The van der Waals surface area contributed by atoms with Gasteiger partial charge in [-0.15, -0.1) is 0 Å². The van der Waals surface area contributed by atoms with Gasteiger partial charge < -0.3 is 24.8 Å². The summed E-state index contributed by atoms with van der Waals surface area (Å²) in [5.74, 6) is -2.05. The van der Waals surface area contributed by atoms with Gasteiger partial charge in [-0.3, -0.25) is 4.79 Å². The molecule has 2 aliphatic heterocycles. The Balaban J connectivity index is 1.52. The molecular weight excluding hydrogens is 545 g/mol. The number of likely N-dealkylation sites (N-methyl/N-ethyl adjacent to an activating group) is 1. The summed E-state index contributed by atoms with van der Waals surface area (Å²) in [6, 6.07) is 8.16. The summed E-state index contributed by atoms with van der Waals surface area (Å²) < 4.78 is 75.6. The number of ether oxygens (including phenoxy) is 1. The second-order valence-electron chi connectivity index (χ2n) is 10.3. The fraction of sp³-hybridized carbons (Fsp3) is 0.379. The highest BCUT2D eigenvalue weighted by Gasteiger charge is 2.36. The van der Waals surface area contributed by atoms with Crippen LogP contribution in [0.15, 0.2) is 48.7 Å². The van der Waals surface area contributed by atoms with Crippen molar-refractivity contribution in [3.8, 4) is 11.1 Å². The lowest BCUT2D eigenvalue weighted by Gasteiger charge is -2.39. The van der Waals surface area contributed by atoms with Crippen LogP contribution < -0.4 is 15.1 Å². The molecule has 0 radical (unpaired) electrons. The van der Waals surface area contributed by atoms with E-state index in [2.05, 4.69) is 15.2 Å². The number of nitrogens with zero attached hydrogens (tertiary/aromatic N) is 4. The van der Waals surface area contributed by atoms with E-state index in [0.717, 1.165) is 12.1 Å². The van der Waals surface area contributed by atoms with Crippen molar-refractivity contribution in [3.63, 3.8) is 0 Å². The maximum atomic E-state index is 15.6. The van der Waals surface area contributed by atoms with E-state index in [0.29, 0.717) is 63.0 Å². The summed E-state index contributed by atoms with van der Waals surface area (Å²) in [6.07, 6.45) is -3.43. The fourth-order valence-electron chi connectivity index (χ4n) is 5.08. The van der Waals surface area contributed by atoms with Gasteiger partial charge in [0.05, 0.1) is 35.7 Å². The van der Waals surface area contributed by atoms with E-state index >= 15 is 4.39 Å². The van der Waals surface area contributed by atoms with Crippen LogP contribution in [0, 0.1) is 11.6 Å². The summed E-state index contributed by atoms with van der Waals surface area (Å²) in [7, 11) is 1.97. The zero-order valence-corrected chi connectivity index (χ0v) is 22.6. The number of piperazine rings is 1. The lowest BCUT2D eigenvalue weighted by atomic mass is 10.0. The first-order valence-corrected chi connectivity index (χ1v) is 13.3. The number of benzene rings is 2. The standard InChI is InChI=1S/C29H30F5N5O2/c1-18-17-39(8-7-37(18)2)26-15-24(31)22(19-3-6-27(35-16-19)38-9-11-41-12-10-38)14-25(26)36-28(40)21-5-4-20(30)13-23(21)29(32,33)34/h3-6,13-16,18H,7-12,17H2,1-2H3,(H,36,40)/t18-/m1/s1. The molecule has 2 fully saturated rings. The smallest absolute Gasteiger partial charge is 0.378 e. The molecule has 1 N–H and O–H groups in total. The number of pyridine rings is 1. The lowest BCUT2D eigenvalue weighted by molar-refractivity contribution is -0.138. The molecule has 0 bridgehead atoms. The molecule has 0 aliphatic carbocycles. The molecule has 12 heteroatoms. The van der Waals surface area contributed by atoms with E-state index in [1.807, 2.05) is 23.8 Å². The van der Waals surface area contributed by atoms with E-state index < -0.39 is 34.8 Å². The van der Waals surface area contributed by atoms with Crippen molar-refractivity contribution in [2.24, 2.45) is 0 Å². The molecule has 2 aromatic carbocycles. The minimum atomic E-state index is -4.95. The summed E-state index contributed by atoms with van der Waals surface area (Å²) in [6.45, 7) is 6.22. The van der Waals surface area contributed by atoms with Crippen molar-refractivity contribution in [2.45, 2.75) is 19.1 Å². The molecule has 0 spiro atoms. The molecule has 41 heavy (non-hydrogen) atoms. The number of morpholine rings is 1. The van der Waals surface area contributed by atoms with Gasteiger partial charge in [0.15, 0.2) is 0 Å². The number of carbonyl (C=O) groups is 1. The number of amides is 1. The molecule has 2 aliphatic rings. The number of nitrogens with one attached hydrogen (secondary N) is 1. The Morgan fingerprint density at radius 3 is 2.41 bits per heavy atom. The molecule has 1 atom stereocenters. The molecule has 0 unspecified atom stereocenters. The van der Waals surface area contributed by atoms with Crippen molar-refractivity contribution >= 4 is 23.1 Å². The van der Waals surface area contributed by atoms with Crippen LogP contribution >= 0.6 is 0 Å².